The standard InChI is InChI=1S/C24H29N5O/c1-15-8-7-9-20(11-15)23(30)27-24(26-21-12-16(2)10-17(3)13-21)25-14-22-18(4)28-29(6)19(22)5/h7-13H,14H2,1-6H3,(H2,25,26,27,30). The molecule has 6 nitrogen and oxygen atoms in total. The third-order valence-corrected chi connectivity index (χ3v) is 5.05. The SMILES string of the molecule is Cc1cc(C)cc(NC(=NCc2c(C)nn(C)c2C)NC(=O)c2cccc(C)c2)c1. The number of nitrogens with zero attached hydrogens (tertiary/aromatic N) is 3. The summed E-state index contributed by atoms with van der Waals surface area (Å²) in [6.07, 6.45) is 0. The number of carbonyl (C=O) groups excluding carboxylic acids is 1. The Kier molecular flexibility index (Phi) is 6.35. The Balaban J connectivity index is 1.89. The van der Waals surface area contributed by atoms with E-state index in [1.54, 1.807) is 6.07 Å². The van der Waals surface area contributed by atoms with Crippen molar-refractivity contribution in [2.75, 3.05) is 5.32 Å². The van der Waals surface area contributed by atoms with E-state index >= 15 is 0 Å². The van der Waals surface area contributed by atoms with Crippen LogP contribution in [0.2, 0.25) is 0 Å². The van der Waals surface area contributed by atoms with E-state index in [2.05, 4.69) is 21.8 Å². The molecular weight excluding hydrogens is 374 g/mol. The van der Waals surface area contributed by atoms with Crippen molar-refractivity contribution in [3.8, 4) is 0 Å². The van der Waals surface area contributed by atoms with Crippen LogP contribution >= 0.6 is 0 Å². The van der Waals surface area contributed by atoms with Gasteiger partial charge in [0, 0.05) is 29.6 Å². The number of benzene rings is 2. The molecule has 30 heavy (non-hydrogen) atoms. The van der Waals surface area contributed by atoms with Crippen LogP contribution in [0, 0.1) is 34.6 Å². The minimum atomic E-state index is -0.200. The van der Waals surface area contributed by atoms with E-state index in [0.29, 0.717) is 18.1 Å². The molecule has 3 rings (SSSR count). The lowest BCUT2D eigenvalue weighted by atomic mass is 10.1. The van der Waals surface area contributed by atoms with Crippen molar-refractivity contribution in [2.24, 2.45) is 12.0 Å². The fourth-order valence-corrected chi connectivity index (χ4v) is 3.46. The molecule has 1 amide bonds. The van der Waals surface area contributed by atoms with Crippen LogP contribution in [0.5, 0.6) is 0 Å². The molecule has 0 bridgehead atoms. The first-order valence-electron chi connectivity index (χ1n) is 10.00. The van der Waals surface area contributed by atoms with E-state index in [1.807, 2.05) is 76.7 Å². The monoisotopic (exact) mass is 403 g/mol. The van der Waals surface area contributed by atoms with Crippen molar-refractivity contribution in [1.29, 1.82) is 0 Å². The molecule has 156 valence electrons. The van der Waals surface area contributed by atoms with Gasteiger partial charge in [-0.25, -0.2) is 4.99 Å². The molecule has 0 spiro atoms. The Labute approximate surface area is 178 Å². The molecule has 2 N–H and O–H groups in total. The number of hydrogen-bond donors (Lipinski definition) is 2. The third-order valence-electron chi connectivity index (χ3n) is 5.05. The van der Waals surface area contributed by atoms with Crippen LogP contribution in [0.3, 0.4) is 0 Å². The molecule has 0 unspecified atom stereocenters. The molecule has 6 heteroatoms. The second-order valence-electron chi connectivity index (χ2n) is 7.76. The van der Waals surface area contributed by atoms with Crippen LogP contribution in [0.1, 0.15) is 44.0 Å². The summed E-state index contributed by atoms with van der Waals surface area (Å²) in [5, 5.41) is 10.7. The second-order valence-corrected chi connectivity index (χ2v) is 7.76. The van der Waals surface area contributed by atoms with E-state index < -0.39 is 0 Å². The molecule has 0 saturated carbocycles. The second kappa shape index (κ2) is 8.95. The molecule has 3 aromatic rings. The van der Waals surface area contributed by atoms with Gasteiger partial charge in [0.2, 0.25) is 5.96 Å². The number of anilines is 1. The maximum atomic E-state index is 12.8. The molecule has 1 aromatic heterocycles. The Morgan fingerprint density at radius 3 is 2.30 bits per heavy atom. The van der Waals surface area contributed by atoms with E-state index in [-0.39, 0.29) is 5.91 Å². The fourth-order valence-electron chi connectivity index (χ4n) is 3.46. The summed E-state index contributed by atoms with van der Waals surface area (Å²) in [6, 6.07) is 13.7. The number of amides is 1. The van der Waals surface area contributed by atoms with Gasteiger partial charge in [-0.3, -0.25) is 14.8 Å². The molecule has 1 heterocycles. The highest BCUT2D eigenvalue weighted by molar-refractivity contribution is 6.10. The number of aryl methyl sites for hydroxylation is 5. The van der Waals surface area contributed by atoms with Crippen molar-refractivity contribution in [1.82, 2.24) is 15.1 Å². The quantitative estimate of drug-likeness (QED) is 0.502. The third kappa shape index (κ3) is 5.14. The molecule has 2 aromatic carbocycles. The summed E-state index contributed by atoms with van der Waals surface area (Å²) >= 11 is 0. The van der Waals surface area contributed by atoms with E-state index in [4.69, 9.17) is 4.99 Å². The topological polar surface area (TPSA) is 71.3 Å². The molecule has 0 radical (unpaired) electrons. The number of carbonyl (C=O) groups is 1. The first-order chi connectivity index (χ1) is 14.2. The van der Waals surface area contributed by atoms with Crippen LogP contribution in [0.15, 0.2) is 47.5 Å². The van der Waals surface area contributed by atoms with Crippen LogP contribution in [-0.4, -0.2) is 21.6 Å². The largest absolute Gasteiger partial charge is 0.326 e. The summed E-state index contributed by atoms with van der Waals surface area (Å²) in [7, 11) is 1.92. The number of nitrogens with one attached hydrogen (secondary N) is 2. The molecule has 0 saturated heterocycles. The van der Waals surface area contributed by atoms with Crippen molar-refractivity contribution < 1.29 is 4.79 Å². The first-order valence-corrected chi connectivity index (χ1v) is 10.00. The summed E-state index contributed by atoms with van der Waals surface area (Å²) in [4.78, 5) is 17.5. The molecule has 0 fully saturated rings. The van der Waals surface area contributed by atoms with Crippen molar-refractivity contribution >= 4 is 17.6 Å². The lowest BCUT2D eigenvalue weighted by Crippen LogP contribution is -2.36. The van der Waals surface area contributed by atoms with Crippen LogP contribution in [0.4, 0.5) is 5.69 Å². The fraction of sp³-hybridized carbons (Fsp3) is 0.292. The molecule has 0 atom stereocenters. The summed E-state index contributed by atoms with van der Waals surface area (Å²) in [5.74, 6) is 0.211. The Morgan fingerprint density at radius 1 is 1.00 bits per heavy atom. The predicted molar refractivity (Wildman–Crippen MR) is 122 cm³/mol. The average molecular weight is 404 g/mol. The maximum absolute atomic E-state index is 12.8. The lowest BCUT2D eigenvalue weighted by Gasteiger charge is -2.13. The van der Waals surface area contributed by atoms with E-state index in [9.17, 15) is 4.79 Å². The average Bonchev–Trinajstić information content (AvgIpc) is 2.90. The lowest BCUT2D eigenvalue weighted by molar-refractivity contribution is 0.0977. The zero-order valence-electron chi connectivity index (χ0n) is 18.5. The van der Waals surface area contributed by atoms with Gasteiger partial charge in [-0.15, -0.1) is 0 Å². The minimum Gasteiger partial charge on any atom is -0.326 e. The van der Waals surface area contributed by atoms with Gasteiger partial charge in [-0.1, -0.05) is 23.8 Å². The Bertz CT molecular complexity index is 1090. The number of aliphatic imine (C=N–C) groups is 1. The van der Waals surface area contributed by atoms with Crippen LogP contribution in [-0.2, 0) is 13.6 Å². The number of rotatable bonds is 4. The highest BCUT2D eigenvalue weighted by Gasteiger charge is 2.12. The van der Waals surface area contributed by atoms with Gasteiger partial charge in [0.1, 0.15) is 0 Å². The zero-order chi connectivity index (χ0) is 21.8. The first kappa shape index (κ1) is 21.3. The molecule has 0 aliphatic rings. The number of aromatic nitrogens is 2. The van der Waals surface area contributed by atoms with E-state index in [1.165, 1.54) is 0 Å². The summed E-state index contributed by atoms with van der Waals surface area (Å²) in [6.45, 7) is 10.5. The minimum absolute atomic E-state index is 0.200. The zero-order valence-corrected chi connectivity index (χ0v) is 18.5. The molecule has 0 aliphatic carbocycles. The van der Waals surface area contributed by atoms with Crippen molar-refractivity contribution in [3.05, 3.63) is 81.7 Å². The van der Waals surface area contributed by atoms with Crippen molar-refractivity contribution in [3.63, 3.8) is 0 Å². The van der Waals surface area contributed by atoms with Gasteiger partial charge in [-0.05, 0) is 70.0 Å². The van der Waals surface area contributed by atoms with Gasteiger partial charge >= 0.3 is 0 Å². The van der Waals surface area contributed by atoms with Crippen LogP contribution in [0.25, 0.3) is 0 Å². The summed E-state index contributed by atoms with van der Waals surface area (Å²) in [5.41, 5.74) is 7.85. The van der Waals surface area contributed by atoms with Gasteiger partial charge in [0.25, 0.3) is 5.91 Å². The highest BCUT2D eigenvalue weighted by atomic mass is 16.1. The molecule has 0 aliphatic heterocycles. The smallest absolute Gasteiger partial charge is 0.257 e. The van der Waals surface area contributed by atoms with Gasteiger partial charge in [0.05, 0.1) is 12.2 Å². The maximum Gasteiger partial charge on any atom is 0.257 e. The van der Waals surface area contributed by atoms with E-state index in [0.717, 1.165) is 39.3 Å². The summed E-state index contributed by atoms with van der Waals surface area (Å²) < 4.78 is 1.85. The van der Waals surface area contributed by atoms with Crippen LogP contribution < -0.4 is 10.6 Å². The van der Waals surface area contributed by atoms with Crippen molar-refractivity contribution in [2.45, 2.75) is 41.2 Å². The Morgan fingerprint density at radius 2 is 1.70 bits per heavy atom. The Hall–Kier alpha value is -3.41. The van der Waals surface area contributed by atoms with Gasteiger partial charge in [-0.2, -0.15) is 5.10 Å². The van der Waals surface area contributed by atoms with Gasteiger partial charge in [0.15, 0.2) is 0 Å². The predicted octanol–water partition coefficient (Wildman–Crippen LogP) is 4.36. The normalized spacial score (nSPS) is 11.5. The number of hydrogen-bond acceptors (Lipinski definition) is 3. The number of guanidine groups is 1. The highest BCUT2D eigenvalue weighted by Crippen LogP contribution is 2.16. The molecular formula is C24H29N5O. The van der Waals surface area contributed by atoms with Gasteiger partial charge < -0.3 is 5.32 Å².